The number of aliphatic imine (C=N–C) groups is 1. The van der Waals surface area contributed by atoms with Crippen LogP contribution in [-0.2, 0) is 45.8 Å². The summed E-state index contributed by atoms with van der Waals surface area (Å²) in [5.74, 6) is -0.340. The molecule has 2 aliphatic rings. The van der Waals surface area contributed by atoms with Crippen LogP contribution in [0.4, 0.5) is 0 Å². The van der Waals surface area contributed by atoms with Gasteiger partial charge in [-0.25, -0.2) is 0 Å². The summed E-state index contributed by atoms with van der Waals surface area (Å²) in [6, 6.07) is 80.8. The molecule has 0 bridgehead atoms. The summed E-state index contributed by atoms with van der Waals surface area (Å²) in [5.41, 5.74) is 22.1. The zero-order valence-corrected chi connectivity index (χ0v) is 41.7. The van der Waals surface area contributed by atoms with Crippen molar-refractivity contribution in [3.8, 4) is 67.0 Å². The van der Waals surface area contributed by atoms with Crippen molar-refractivity contribution >= 4 is 17.7 Å². The first kappa shape index (κ1) is 46.2. The molecule has 4 nitrogen and oxygen atoms in total. The molecule has 0 saturated heterocycles. The second-order valence-corrected chi connectivity index (χ2v) is 18.3. The first-order chi connectivity index (χ1) is 35.1. The van der Waals surface area contributed by atoms with E-state index in [0.717, 1.165) is 104 Å². The van der Waals surface area contributed by atoms with E-state index in [9.17, 15) is 4.79 Å². The summed E-state index contributed by atoms with van der Waals surface area (Å²) < 4.78 is 0. The van der Waals surface area contributed by atoms with Crippen molar-refractivity contribution in [1.82, 2.24) is 9.97 Å². The summed E-state index contributed by atoms with van der Waals surface area (Å²) in [4.78, 5) is 27.4. The zero-order chi connectivity index (χ0) is 47.5. The molecule has 1 atom stereocenters. The van der Waals surface area contributed by atoms with Crippen LogP contribution in [-0.4, -0.2) is 21.6 Å². The van der Waals surface area contributed by atoms with E-state index >= 15 is 0 Å². The summed E-state index contributed by atoms with van der Waals surface area (Å²) >= 11 is 0. The molecule has 1 unspecified atom stereocenters. The molecule has 10 aromatic rings. The number of amides is 1. The second-order valence-electron chi connectivity index (χ2n) is 18.3. The number of fused-ring (bicyclic) bond motifs is 5. The van der Waals surface area contributed by atoms with E-state index in [4.69, 9.17) is 4.99 Å². The molecule has 1 aliphatic carbocycles. The van der Waals surface area contributed by atoms with Gasteiger partial charge in [0.15, 0.2) is 0 Å². The van der Waals surface area contributed by atoms with Crippen LogP contribution in [0.1, 0.15) is 55.2 Å². The predicted molar refractivity (Wildman–Crippen MR) is 288 cm³/mol. The van der Waals surface area contributed by atoms with Gasteiger partial charge in [0.2, 0.25) is 0 Å². The number of rotatable bonds is 12. The van der Waals surface area contributed by atoms with E-state index in [1.54, 1.807) is 0 Å². The van der Waals surface area contributed by atoms with Gasteiger partial charge in [0, 0.05) is 23.9 Å². The number of hydrogen-bond donors (Lipinski definition) is 0. The minimum atomic E-state index is -0.209. The Morgan fingerprint density at radius 3 is 1.61 bits per heavy atom. The van der Waals surface area contributed by atoms with Crippen LogP contribution in [0.2, 0.25) is 0 Å². The third kappa shape index (κ3) is 9.41. The van der Waals surface area contributed by atoms with Gasteiger partial charge in [-0.2, -0.15) is 0 Å². The van der Waals surface area contributed by atoms with E-state index in [-0.39, 0.29) is 31.9 Å². The van der Waals surface area contributed by atoms with Crippen molar-refractivity contribution in [1.29, 1.82) is 0 Å². The number of allylic oxidation sites excluding steroid dienone is 1. The summed E-state index contributed by atoms with van der Waals surface area (Å²) in [6.07, 6.45) is 11.6. The van der Waals surface area contributed by atoms with Crippen LogP contribution in [0.3, 0.4) is 0 Å². The van der Waals surface area contributed by atoms with Gasteiger partial charge >= 0.3 is 20.1 Å². The topological polar surface area (TPSA) is 55.2 Å². The molecule has 344 valence electrons. The van der Waals surface area contributed by atoms with Gasteiger partial charge in [-0.1, -0.05) is 181 Å². The molecule has 72 heavy (non-hydrogen) atoms. The quantitative estimate of drug-likeness (QED) is 0.115. The average molecular weight is 1100 g/mol. The van der Waals surface area contributed by atoms with Crippen LogP contribution >= 0.6 is 0 Å². The first-order valence-corrected chi connectivity index (χ1v) is 24.3. The largest absolute Gasteiger partial charge is 3.00 e. The van der Waals surface area contributed by atoms with Gasteiger partial charge in [-0.3, -0.25) is 9.79 Å². The number of aryl methyl sites for hydroxylation is 4. The Hall–Kier alpha value is -8.21. The SMILES string of the molecule is O=C1N=C2c3[c-]cc(-c4ccccc4-c4cc(CCc5c[c-]c(-c6ccccn6)cc5)cc(CCc5c[c-]c(-c6ccccn6)cc5)c4)c(-c4ccc(-c5ccccc5)cc4)c3C=CC2c2ccccc21.[Ir+3]. The van der Waals surface area contributed by atoms with Gasteiger partial charge in [0.1, 0.15) is 0 Å². The van der Waals surface area contributed by atoms with E-state index in [0.29, 0.717) is 5.56 Å². The van der Waals surface area contributed by atoms with Crippen LogP contribution < -0.4 is 0 Å². The minimum absolute atomic E-state index is 0. The Kier molecular flexibility index (Phi) is 13.2. The molecule has 8 aromatic carbocycles. The normalized spacial score (nSPS) is 13.3. The van der Waals surface area contributed by atoms with Crippen LogP contribution in [0.5, 0.6) is 0 Å². The molecule has 1 amide bonds. The van der Waals surface area contributed by atoms with Crippen molar-refractivity contribution < 1.29 is 24.9 Å². The minimum Gasteiger partial charge on any atom is -0.305 e. The molecule has 0 N–H and O–H groups in total. The van der Waals surface area contributed by atoms with Crippen LogP contribution in [0.25, 0.3) is 73.1 Å². The van der Waals surface area contributed by atoms with Gasteiger partial charge in [-0.15, -0.1) is 94.6 Å². The molecule has 1 aliphatic heterocycles. The molecule has 12 rings (SSSR count). The molecular formula is C67H46IrN3O. The second kappa shape index (κ2) is 20.6. The third-order valence-corrected chi connectivity index (χ3v) is 13.8. The van der Waals surface area contributed by atoms with Crippen molar-refractivity contribution in [2.24, 2.45) is 4.99 Å². The van der Waals surface area contributed by atoms with Crippen LogP contribution in [0, 0.1) is 18.2 Å². The van der Waals surface area contributed by atoms with Gasteiger partial charge in [0.05, 0.1) is 0 Å². The number of benzene rings is 8. The third-order valence-electron chi connectivity index (χ3n) is 13.8. The Balaban J connectivity index is 0.00000560. The fourth-order valence-corrected chi connectivity index (χ4v) is 10.2. The monoisotopic (exact) mass is 1100 g/mol. The fraction of sp³-hybridized carbons (Fsp3) is 0.0746. The maximum Gasteiger partial charge on any atom is 3.00 e. The molecule has 0 spiro atoms. The van der Waals surface area contributed by atoms with E-state index in [2.05, 4.69) is 174 Å². The molecule has 5 heteroatoms. The summed E-state index contributed by atoms with van der Waals surface area (Å²) in [5, 5.41) is 0. The van der Waals surface area contributed by atoms with Crippen molar-refractivity contribution in [3.63, 3.8) is 0 Å². The van der Waals surface area contributed by atoms with Gasteiger partial charge in [0.25, 0.3) is 5.91 Å². The zero-order valence-electron chi connectivity index (χ0n) is 39.4. The van der Waals surface area contributed by atoms with Crippen molar-refractivity contribution in [3.05, 3.63) is 281 Å². The summed E-state index contributed by atoms with van der Waals surface area (Å²) in [7, 11) is 0. The molecule has 0 radical (unpaired) electrons. The van der Waals surface area contributed by atoms with Gasteiger partial charge < -0.3 is 9.97 Å². The predicted octanol–water partition coefficient (Wildman–Crippen LogP) is 15.2. The fourth-order valence-electron chi connectivity index (χ4n) is 10.2. The first-order valence-electron chi connectivity index (χ1n) is 24.3. The standard InChI is InChI=1S/C67H46N3O.Ir/c71-67-62-17-7-6-16-57(62)60-38-37-59-61(66(60)70-67)39-36-58(65(59)53-34-32-50(33-35-53)49-12-2-1-3-13-49)56-15-5-4-14-55(56)54-43-47(22-20-45-24-28-51(29-25-45)63-18-8-10-40-68-63)42-48(44-54)23-21-46-26-30-52(31-27-46)64-19-9-11-41-69-64;/h1-19,24-28,30,32-38,40-44,60H,20-23H2;/q-3;+3. The number of carbonyl (C=O) groups is 1. The number of pyridine rings is 2. The molecule has 0 fully saturated rings. The number of hydrogen-bond acceptors (Lipinski definition) is 3. The molecule has 2 aromatic heterocycles. The molecule has 3 heterocycles. The number of nitrogens with zero attached hydrogens (tertiary/aromatic N) is 3. The Morgan fingerprint density at radius 2 is 1.00 bits per heavy atom. The average Bonchev–Trinajstić information content (AvgIpc) is 3.45. The smallest absolute Gasteiger partial charge is 0.305 e. The van der Waals surface area contributed by atoms with Crippen molar-refractivity contribution in [2.75, 3.05) is 0 Å². The van der Waals surface area contributed by atoms with E-state index in [1.807, 2.05) is 79.1 Å². The van der Waals surface area contributed by atoms with Gasteiger partial charge in [-0.05, 0) is 92.6 Å². The van der Waals surface area contributed by atoms with Crippen LogP contribution in [0.15, 0.2) is 224 Å². The molecule has 0 saturated carbocycles. The maximum atomic E-state index is 13.6. The summed E-state index contributed by atoms with van der Waals surface area (Å²) in [6.45, 7) is 0. The maximum absolute atomic E-state index is 13.6. The number of aromatic nitrogens is 2. The Bertz CT molecular complexity index is 3520. The van der Waals surface area contributed by atoms with E-state index < -0.39 is 0 Å². The Morgan fingerprint density at radius 1 is 0.444 bits per heavy atom. The number of carbonyl (C=O) groups excluding carboxylic acids is 1. The van der Waals surface area contributed by atoms with Crippen molar-refractivity contribution in [2.45, 2.75) is 31.6 Å². The molecular weight excluding hydrogens is 1050 g/mol. The Labute approximate surface area is 435 Å². The van der Waals surface area contributed by atoms with E-state index in [1.165, 1.54) is 33.4 Å².